The number of nitrogens with one attached hydrogen (secondary N) is 1. The van der Waals surface area contributed by atoms with E-state index >= 15 is 0 Å². The van der Waals surface area contributed by atoms with Crippen LogP contribution in [0.4, 0.5) is 0 Å². The summed E-state index contributed by atoms with van der Waals surface area (Å²) >= 11 is 0. The van der Waals surface area contributed by atoms with Crippen LogP contribution in [-0.2, 0) is 28.6 Å². The molecule has 150 valence electrons. The summed E-state index contributed by atoms with van der Waals surface area (Å²) in [6.07, 6.45) is 3.22. The largest absolute Gasteiger partial charge is 0.350 e. The summed E-state index contributed by atoms with van der Waals surface area (Å²) in [5.74, 6) is -0.134. The van der Waals surface area contributed by atoms with E-state index in [0.717, 1.165) is 25.9 Å². The quantitative estimate of drug-likeness (QED) is 0.776. The van der Waals surface area contributed by atoms with Crippen molar-refractivity contribution in [3.05, 3.63) is 70.8 Å². The van der Waals surface area contributed by atoms with E-state index < -0.39 is 9.84 Å². The zero-order chi connectivity index (χ0) is 20.1. The molecule has 28 heavy (non-hydrogen) atoms. The molecule has 2 aromatic carbocycles. The number of hydrogen-bond donors (Lipinski definition) is 1. The van der Waals surface area contributed by atoms with Crippen LogP contribution in [-0.4, -0.2) is 44.6 Å². The summed E-state index contributed by atoms with van der Waals surface area (Å²) in [4.78, 5) is 14.9. The number of fused-ring (bicyclic) bond motifs is 1. The third-order valence-corrected chi connectivity index (χ3v) is 6.15. The first-order chi connectivity index (χ1) is 13.4. The standard InChI is InChI=1S/C22H28N2O3S/c1-3-21(24-13-12-18-6-4-5-7-20(18)15-24)14-23-22(25)19-10-8-17(9-11-19)16-28(2,26)27/h4-11,21H,3,12-16H2,1-2H3,(H,23,25)/t21-/m1/s1. The maximum atomic E-state index is 12.5. The zero-order valence-electron chi connectivity index (χ0n) is 16.5. The number of sulfone groups is 1. The fourth-order valence-corrected chi connectivity index (χ4v) is 4.53. The molecule has 0 spiro atoms. The highest BCUT2D eigenvalue weighted by molar-refractivity contribution is 7.89. The Morgan fingerprint density at radius 3 is 2.43 bits per heavy atom. The predicted molar refractivity (Wildman–Crippen MR) is 112 cm³/mol. The van der Waals surface area contributed by atoms with Crippen molar-refractivity contribution in [1.29, 1.82) is 0 Å². The lowest BCUT2D eigenvalue weighted by Gasteiger charge is -2.35. The molecule has 0 aliphatic carbocycles. The van der Waals surface area contributed by atoms with E-state index in [4.69, 9.17) is 0 Å². The Morgan fingerprint density at radius 1 is 1.11 bits per heavy atom. The molecule has 6 heteroatoms. The summed E-state index contributed by atoms with van der Waals surface area (Å²) in [6.45, 7) is 4.68. The normalized spacial score (nSPS) is 15.6. The molecule has 5 nitrogen and oxygen atoms in total. The van der Waals surface area contributed by atoms with Crippen LogP contribution in [0.2, 0.25) is 0 Å². The minimum Gasteiger partial charge on any atom is -0.350 e. The van der Waals surface area contributed by atoms with Crippen molar-refractivity contribution in [3.8, 4) is 0 Å². The van der Waals surface area contributed by atoms with Gasteiger partial charge in [0.2, 0.25) is 0 Å². The van der Waals surface area contributed by atoms with Gasteiger partial charge in [0, 0.05) is 37.5 Å². The Labute approximate surface area is 167 Å². The number of rotatable bonds is 7. The first-order valence-corrected chi connectivity index (χ1v) is 11.8. The average molecular weight is 401 g/mol. The summed E-state index contributed by atoms with van der Waals surface area (Å²) in [7, 11) is -3.07. The van der Waals surface area contributed by atoms with E-state index in [1.165, 1.54) is 17.4 Å². The molecule has 0 bridgehead atoms. The molecule has 1 atom stereocenters. The minimum absolute atomic E-state index is 0.0107. The maximum Gasteiger partial charge on any atom is 0.251 e. The Morgan fingerprint density at radius 2 is 1.79 bits per heavy atom. The van der Waals surface area contributed by atoms with Gasteiger partial charge in [0.25, 0.3) is 5.91 Å². The molecule has 0 fully saturated rings. The number of hydrogen-bond acceptors (Lipinski definition) is 4. The Kier molecular flexibility index (Phi) is 6.52. The molecule has 1 amide bonds. The number of benzene rings is 2. The second kappa shape index (κ2) is 8.88. The van der Waals surface area contributed by atoms with E-state index in [1.54, 1.807) is 24.3 Å². The third kappa shape index (κ3) is 5.42. The van der Waals surface area contributed by atoms with Crippen LogP contribution >= 0.6 is 0 Å². The summed E-state index contributed by atoms with van der Waals surface area (Å²) in [6, 6.07) is 15.6. The molecule has 2 aromatic rings. The van der Waals surface area contributed by atoms with Crippen LogP contribution in [0.3, 0.4) is 0 Å². The predicted octanol–water partition coefficient (Wildman–Crippen LogP) is 2.80. The van der Waals surface area contributed by atoms with E-state index in [-0.39, 0.29) is 11.7 Å². The molecule has 0 saturated carbocycles. The van der Waals surface area contributed by atoms with E-state index in [1.807, 2.05) is 0 Å². The van der Waals surface area contributed by atoms with Crippen LogP contribution in [0, 0.1) is 0 Å². The molecule has 3 rings (SSSR count). The first kappa shape index (κ1) is 20.6. The molecular formula is C22H28N2O3S. The highest BCUT2D eigenvalue weighted by Crippen LogP contribution is 2.21. The van der Waals surface area contributed by atoms with Gasteiger partial charge in [-0.2, -0.15) is 0 Å². The summed E-state index contributed by atoms with van der Waals surface area (Å²) in [5, 5.41) is 3.04. The van der Waals surface area contributed by atoms with Crippen LogP contribution in [0.5, 0.6) is 0 Å². The van der Waals surface area contributed by atoms with Crippen molar-refractivity contribution < 1.29 is 13.2 Å². The topological polar surface area (TPSA) is 66.5 Å². The molecule has 1 N–H and O–H groups in total. The highest BCUT2D eigenvalue weighted by atomic mass is 32.2. The van der Waals surface area contributed by atoms with Crippen molar-refractivity contribution in [2.75, 3.05) is 19.3 Å². The van der Waals surface area contributed by atoms with Crippen LogP contribution in [0.1, 0.15) is 40.4 Å². The van der Waals surface area contributed by atoms with Crippen molar-refractivity contribution in [2.24, 2.45) is 0 Å². The Hall–Kier alpha value is -2.18. The Bertz CT molecular complexity index is 923. The fraction of sp³-hybridized carbons (Fsp3) is 0.409. The Balaban J connectivity index is 1.57. The van der Waals surface area contributed by atoms with Gasteiger partial charge >= 0.3 is 0 Å². The first-order valence-electron chi connectivity index (χ1n) is 9.71. The molecule has 1 aliphatic heterocycles. The smallest absolute Gasteiger partial charge is 0.251 e. The second-order valence-corrected chi connectivity index (χ2v) is 9.67. The summed E-state index contributed by atoms with van der Waals surface area (Å²) in [5.41, 5.74) is 4.04. The van der Waals surface area contributed by atoms with Gasteiger partial charge in [-0.25, -0.2) is 8.42 Å². The van der Waals surface area contributed by atoms with Crippen LogP contribution < -0.4 is 5.32 Å². The van der Waals surface area contributed by atoms with E-state index in [2.05, 4.69) is 41.4 Å². The fourth-order valence-electron chi connectivity index (χ4n) is 3.73. The van der Waals surface area contributed by atoms with Crippen LogP contribution in [0.25, 0.3) is 0 Å². The SMILES string of the molecule is CC[C@H](CNC(=O)c1ccc(CS(C)(=O)=O)cc1)N1CCc2ccccc2C1. The molecule has 0 aromatic heterocycles. The molecular weight excluding hydrogens is 372 g/mol. The molecule has 1 heterocycles. The van der Waals surface area contributed by atoms with Crippen molar-refractivity contribution in [2.45, 2.75) is 38.1 Å². The molecule has 1 aliphatic rings. The van der Waals surface area contributed by atoms with Gasteiger partial charge in [-0.3, -0.25) is 9.69 Å². The average Bonchev–Trinajstić information content (AvgIpc) is 2.67. The van der Waals surface area contributed by atoms with E-state index in [0.29, 0.717) is 23.7 Å². The minimum atomic E-state index is -3.07. The lowest BCUT2D eigenvalue weighted by atomic mass is 9.98. The van der Waals surface area contributed by atoms with Gasteiger partial charge in [0.15, 0.2) is 9.84 Å². The maximum absolute atomic E-state index is 12.5. The van der Waals surface area contributed by atoms with Crippen LogP contribution in [0.15, 0.2) is 48.5 Å². The lowest BCUT2D eigenvalue weighted by molar-refractivity contribution is 0.0926. The van der Waals surface area contributed by atoms with E-state index in [9.17, 15) is 13.2 Å². The highest BCUT2D eigenvalue weighted by Gasteiger charge is 2.22. The van der Waals surface area contributed by atoms with Crippen molar-refractivity contribution in [3.63, 3.8) is 0 Å². The lowest BCUT2D eigenvalue weighted by Crippen LogP contribution is -2.45. The van der Waals surface area contributed by atoms with Gasteiger partial charge in [0.05, 0.1) is 5.75 Å². The number of carbonyl (C=O) groups excluding carboxylic acids is 1. The molecule has 0 saturated heterocycles. The molecule has 0 radical (unpaired) electrons. The van der Waals surface area contributed by atoms with Gasteiger partial charge < -0.3 is 5.32 Å². The van der Waals surface area contributed by atoms with Gasteiger partial charge in [-0.1, -0.05) is 43.3 Å². The number of nitrogens with zero attached hydrogens (tertiary/aromatic N) is 1. The van der Waals surface area contributed by atoms with Gasteiger partial charge in [-0.05, 0) is 41.7 Å². The number of amides is 1. The third-order valence-electron chi connectivity index (χ3n) is 5.29. The number of carbonyl (C=O) groups is 1. The van der Waals surface area contributed by atoms with Gasteiger partial charge in [0.1, 0.15) is 0 Å². The second-order valence-electron chi connectivity index (χ2n) is 7.53. The monoisotopic (exact) mass is 400 g/mol. The van der Waals surface area contributed by atoms with Crippen molar-refractivity contribution >= 4 is 15.7 Å². The van der Waals surface area contributed by atoms with Crippen molar-refractivity contribution in [1.82, 2.24) is 10.2 Å². The van der Waals surface area contributed by atoms with Gasteiger partial charge in [-0.15, -0.1) is 0 Å². The molecule has 0 unspecified atom stereocenters. The summed E-state index contributed by atoms with van der Waals surface area (Å²) < 4.78 is 22.7. The zero-order valence-corrected chi connectivity index (χ0v) is 17.3.